The van der Waals surface area contributed by atoms with Gasteiger partial charge >= 0.3 is 5.97 Å². The van der Waals surface area contributed by atoms with E-state index in [0.717, 1.165) is 44.2 Å². The maximum Gasteiger partial charge on any atom is 0.316 e. The van der Waals surface area contributed by atoms with Crippen molar-refractivity contribution in [1.29, 1.82) is 0 Å². The molecule has 1 aromatic rings. The fraction of sp³-hybridized carbons (Fsp3) is 0.632. The van der Waals surface area contributed by atoms with Crippen LogP contribution in [0, 0.1) is 0 Å². The van der Waals surface area contributed by atoms with Crippen molar-refractivity contribution >= 4 is 17.6 Å². The molecule has 0 unspecified atom stereocenters. The molecular formula is C19H26ClNO2. The molecule has 126 valence electrons. The minimum atomic E-state index is -0.460. The summed E-state index contributed by atoms with van der Waals surface area (Å²) in [5.74, 6) is -0.0451. The average molecular weight is 336 g/mol. The van der Waals surface area contributed by atoms with Crippen LogP contribution in [0.1, 0.15) is 50.5 Å². The largest absolute Gasteiger partial charge is 0.463 e. The number of carbonyl (C=O) groups is 1. The van der Waals surface area contributed by atoms with Crippen LogP contribution in [0.2, 0.25) is 5.02 Å². The van der Waals surface area contributed by atoms with Gasteiger partial charge in [0.15, 0.2) is 0 Å². The van der Waals surface area contributed by atoms with Gasteiger partial charge in [0.2, 0.25) is 0 Å². The molecular weight excluding hydrogens is 310 g/mol. The smallest absolute Gasteiger partial charge is 0.316 e. The number of likely N-dealkylation sites (N-methyl/N-ethyl adjacent to an activating group) is 1. The summed E-state index contributed by atoms with van der Waals surface area (Å²) in [6.45, 7) is 1.62. The van der Waals surface area contributed by atoms with Gasteiger partial charge in [-0.15, -0.1) is 0 Å². The molecule has 1 aliphatic carbocycles. The van der Waals surface area contributed by atoms with Crippen molar-refractivity contribution in [3.05, 3.63) is 34.9 Å². The molecule has 1 atom stereocenters. The highest BCUT2D eigenvalue weighted by Crippen LogP contribution is 2.42. The summed E-state index contributed by atoms with van der Waals surface area (Å²) in [5.41, 5.74) is 0.596. The molecule has 4 heteroatoms. The zero-order valence-electron chi connectivity index (χ0n) is 13.9. The van der Waals surface area contributed by atoms with E-state index >= 15 is 0 Å². The summed E-state index contributed by atoms with van der Waals surface area (Å²) in [6, 6.07) is 8.10. The number of hydrogen-bond acceptors (Lipinski definition) is 3. The van der Waals surface area contributed by atoms with Crippen LogP contribution in [0.3, 0.4) is 0 Å². The van der Waals surface area contributed by atoms with Gasteiger partial charge in [0, 0.05) is 11.1 Å². The van der Waals surface area contributed by atoms with Gasteiger partial charge in [0.1, 0.15) is 6.61 Å². The van der Waals surface area contributed by atoms with E-state index in [1.807, 2.05) is 24.3 Å². The molecule has 1 aliphatic heterocycles. The van der Waals surface area contributed by atoms with Crippen molar-refractivity contribution in [1.82, 2.24) is 4.90 Å². The van der Waals surface area contributed by atoms with Gasteiger partial charge in [-0.05, 0) is 57.0 Å². The lowest BCUT2D eigenvalue weighted by Gasteiger charge is -2.33. The predicted molar refractivity (Wildman–Crippen MR) is 92.8 cm³/mol. The Morgan fingerprint density at radius 2 is 1.91 bits per heavy atom. The molecule has 3 nitrogen and oxygen atoms in total. The minimum Gasteiger partial charge on any atom is -0.463 e. The van der Waals surface area contributed by atoms with Crippen molar-refractivity contribution in [3.8, 4) is 0 Å². The molecule has 3 rings (SSSR count). The third kappa shape index (κ3) is 3.56. The second-order valence-corrected chi connectivity index (χ2v) is 7.46. The Morgan fingerprint density at radius 3 is 2.57 bits per heavy atom. The van der Waals surface area contributed by atoms with Crippen LogP contribution in [0.5, 0.6) is 0 Å². The number of esters is 1. The topological polar surface area (TPSA) is 29.5 Å². The quantitative estimate of drug-likeness (QED) is 0.773. The van der Waals surface area contributed by atoms with E-state index in [1.54, 1.807) is 0 Å². The molecule has 23 heavy (non-hydrogen) atoms. The number of halogens is 1. The second-order valence-electron chi connectivity index (χ2n) is 7.02. The van der Waals surface area contributed by atoms with Gasteiger partial charge in [-0.1, -0.05) is 43.0 Å². The first-order valence-electron chi connectivity index (χ1n) is 8.75. The molecule has 0 N–H and O–H groups in total. The van der Waals surface area contributed by atoms with E-state index in [2.05, 4.69) is 11.9 Å². The summed E-state index contributed by atoms with van der Waals surface area (Å²) in [7, 11) is 2.13. The van der Waals surface area contributed by atoms with Crippen molar-refractivity contribution in [3.63, 3.8) is 0 Å². The third-order valence-electron chi connectivity index (χ3n) is 5.57. The highest BCUT2D eigenvalue weighted by atomic mass is 35.5. The fourth-order valence-electron chi connectivity index (χ4n) is 4.02. The van der Waals surface area contributed by atoms with E-state index in [-0.39, 0.29) is 5.97 Å². The number of rotatable bonds is 4. The summed E-state index contributed by atoms with van der Waals surface area (Å²) in [5, 5.41) is 0.707. The normalized spacial score (nSPS) is 24.5. The first-order valence-corrected chi connectivity index (χ1v) is 9.13. The van der Waals surface area contributed by atoms with Gasteiger partial charge in [-0.3, -0.25) is 4.79 Å². The second kappa shape index (κ2) is 7.23. The Balaban J connectivity index is 1.70. The van der Waals surface area contributed by atoms with Crippen molar-refractivity contribution in [2.75, 3.05) is 20.2 Å². The third-order valence-corrected chi connectivity index (χ3v) is 5.82. The first-order chi connectivity index (χ1) is 11.1. The predicted octanol–water partition coefficient (Wildman–Crippen LogP) is 4.18. The molecule has 1 saturated carbocycles. The lowest BCUT2D eigenvalue weighted by molar-refractivity contribution is -0.152. The lowest BCUT2D eigenvalue weighted by Crippen LogP contribution is -2.42. The summed E-state index contributed by atoms with van der Waals surface area (Å²) < 4.78 is 5.81. The molecule has 0 aromatic heterocycles. The summed E-state index contributed by atoms with van der Waals surface area (Å²) in [6.07, 6.45) is 7.53. The Bertz CT molecular complexity index is 537. The Morgan fingerprint density at radius 1 is 1.22 bits per heavy atom. The summed E-state index contributed by atoms with van der Waals surface area (Å²) >= 11 is 6.00. The van der Waals surface area contributed by atoms with E-state index < -0.39 is 5.41 Å². The van der Waals surface area contributed by atoms with Crippen molar-refractivity contribution < 1.29 is 9.53 Å². The monoisotopic (exact) mass is 335 g/mol. The molecule has 0 amide bonds. The first kappa shape index (κ1) is 16.8. The minimum absolute atomic E-state index is 0.0451. The number of carbonyl (C=O) groups excluding carboxylic acids is 1. The summed E-state index contributed by atoms with van der Waals surface area (Å²) in [4.78, 5) is 15.2. The number of nitrogens with zero attached hydrogens (tertiary/aromatic N) is 1. The maximum atomic E-state index is 12.9. The molecule has 2 aliphatic rings. The van der Waals surface area contributed by atoms with Crippen LogP contribution in [0.4, 0.5) is 0 Å². The highest BCUT2D eigenvalue weighted by molar-refractivity contribution is 6.30. The Labute approximate surface area is 144 Å². The number of ether oxygens (including phenoxy) is 1. The zero-order valence-corrected chi connectivity index (χ0v) is 14.6. The Hall–Kier alpha value is -1.06. The average Bonchev–Trinajstić information content (AvgIpc) is 3.05. The number of benzene rings is 1. The Kier molecular flexibility index (Phi) is 5.27. The van der Waals surface area contributed by atoms with E-state index in [4.69, 9.17) is 16.3 Å². The van der Waals surface area contributed by atoms with Gasteiger partial charge in [-0.2, -0.15) is 0 Å². The molecule has 1 heterocycles. The standard InChI is InChI=1S/C19H26ClNO2/c1-21-13-5-2-6-17(21)14-23-18(22)19(11-3-4-12-19)15-7-9-16(20)10-8-15/h7-10,17H,2-6,11-14H2,1H3/t17-/m0/s1. The molecule has 0 spiro atoms. The molecule has 0 radical (unpaired) electrons. The number of hydrogen-bond donors (Lipinski definition) is 0. The maximum absolute atomic E-state index is 12.9. The highest BCUT2D eigenvalue weighted by Gasteiger charge is 2.44. The zero-order chi connectivity index (χ0) is 16.3. The van der Waals surface area contributed by atoms with Gasteiger partial charge in [-0.25, -0.2) is 0 Å². The van der Waals surface area contributed by atoms with E-state index in [9.17, 15) is 4.79 Å². The number of piperidine rings is 1. The number of likely N-dealkylation sites (tertiary alicyclic amines) is 1. The van der Waals surface area contributed by atoms with Crippen LogP contribution in [0.25, 0.3) is 0 Å². The lowest BCUT2D eigenvalue weighted by atomic mass is 9.79. The van der Waals surface area contributed by atoms with Gasteiger partial charge in [0.25, 0.3) is 0 Å². The molecule has 1 saturated heterocycles. The molecule has 1 aromatic carbocycles. The van der Waals surface area contributed by atoms with Crippen molar-refractivity contribution in [2.24, 2.45) is 0 Å². The molecule has 0 bridgehead atoms. The SMILES string of the molecule is CN1CCCC[C@H]1COC(=O)C1(c2ccc(Cl)cc2)CCCC1. The van der Waals surface area contributed by atoms with Crippen molar-refractivity contribution in [2.45, 2.75) is 56.4 Å². The van der Waals surface area contributed by atoms with Crippen LogP contribution >= 0.6 is 11.6 Å². The van der Waals surface area contributed by atoms with Crippen LogP contribution < -0.4 is 0 Å². The van der Waals surface area contributed by atoms with Gasteiger partial charge < -0.3 is 9.64 Å². The fourth-order valence-corrected chi connectivity index (χ4v) is 4.15. The molecule has 2 fully saturated rings. The van der Waals surface area contributed by atoms with Gasteiger partial charge in [0.05, 0.1) is 5.41 Å². The van der Waals surface area contributed by atoms with Crippen LogP contribution in [-0.2, 0) is 14.9 Å². The van der Waals surface area contributed by atoms with E-state index in [0.29, 0.717) is 17.7 Å². The van der Waals surface area contributed by atoms with E-state index in [1.165, 1.54) is 12.8 Å². The van der Waals surface area contributed by atoms with Crippen LogP contribution in [0.15, 0.2) is 24.3 Å². The van der Waals surface area contributed by atoms with Crippen LogP contribution in [-0.4, -0.2) is 37.1 Å².